The molecule has 1 atom stereocenters. The first kappa shape index (κ1) is 30.4. The van der Waals surface area contributed by atoms with Crippen molar-refractivity contribution in [2.45, 2.75) is 122 Å². The van der Waals surface area contributed by atoms with Crippen LogP contribution in [0.1, 0.15) is 128 Å². The van der Waals surface area contributed by atoms with Crippen molar-refractivity contribution in [2.24, 2.45) is 0 Å². The number of hydrogen-bond acceptors (Lipinski definition) is 2. The Kier molecular flexibility index (Phi) is 22.1. The lowest BCUT2D eigenvalue weighted by Crippen LogP contribution is -2.18. The Balaban J connectivity index is 0.00000900. The molecule has 1 unspecified atom stereocenters. The van der Waals surface area contributed by atoms with Crippen LogP contribution in [0.25, 0.3) is 0 Å². The van der Waals surface area contributed by atoms with Crippen LogP contribution in [0.15, 0.2) is 24.3 Å². The molecule has 0 amide bonds. The summed E-state index contributed by atoms with van der Waals surface area (Å²) in [6.07, 6.45) is 22.5. The van der Waals surface area contributed by atoms with Gasteiger partial charge < -0.3 is 10.4 Å². The summed E-state index contributed by atoms with van der Waals surface area (Å²) in [5.41, 5.74) is 0.792. The van der Waals surface area contributed by atoms with Gasteiger partial charge in [0, 0.05) is 0 Å². The monoisotopic (exact) mass is 457 g/mol. The molecule has 2 N–H and O–H groups in total. The summed E-state index contributed by atoms with van der Waals surface area (Å²) >= 11 is 0. The maximum Gasteiger partial charge on any atom is 0.123 e. The molecule has 31 heavy (non-hydrogen) atoms. The van der Waals surface area contributed by atoms with E-state index in [0.29, 0.717) is 6.42 Å². The second-order valence-electron chi connectivity index (χ2n) is 8.91. The largest absolute Gasteiger partial charge is 0.388 e. The minimum Gasteiger partial charge on any atom is -0.388 e. The highest BCUT2D eigenvalue weighted by Crippen LogP contribution is 2.16. The van der Waals surface area contributed by atoms with Gasteiger partial charge in [0.25, 0.3) is 0 Å². The lowest BCUT2D eigenvalue weighted by molar-refractivity contribution is 0.167. The summed E-state index contributed by atoms with van der Waals surface area (Å²) in [7, 11) is 0. The van der Waals surface area contributed by atoms with Gasteiger partial charge in [0.05, 0.1) is 6.10 Å². The zero-order chi connectivity index (χ0) is 21.7. The van der Waals surface area contributed by atoms with E-state index in [9.17, 15) is 9.50 Å². The molecule has 2 nitrogen and oxygen atoms in total. The van der Waals surface area contributed by atoms with Crippen LogP contribution >= 0.6 is 12.4 Å². The smallest absolute Gasteiger partial charge is 0.123 e. The van der Waals surface area contributed by atoms with Gasteiger partial charge in [-0.1, -0.05) is 115 Å². The van der Waals surface area contributed by atoms with Crippen LogP contribution in [0.4, 0.5) is 4.39 Å². The molecule has 0 saturated carbocycles. The van der Waals surface area contributed by atoms with Crippen molar-refractivity contribution in [1.29, 1.82) is 0 Å². The molecule has 0 aliphatic rings. The average molecular weight is 458 g/mol. The summed E-state index contributed by atoms with van der Waals surface area (Å²) in [5.74, 6) is -0.257. The molecule has 182 valence electrons. The Morgan fingerprint density at radius 3 is 1.55 bits per heavy atom. The first-order valence-corrected chi connectivity index (χ1v) is 12.9. The predicted octanol–water partition coefficient (Wildman–Crippen LogP) is 8.52. The van der Waals surface area contributed by atoms with E-state index >= 15 is 0 Å². The third kappa shape index (κ3) is 18.6. The molecule has 0 radical (unpaired) electrons. The lowest BCUT2D eigenvalue weighted by Gasteiger charge is -2.11. The number of nitrogens with one attached hydrogen (secondary N) is 1. The number of aliphatic hydroxyl groups is 1. The fourth-order valence-electron chi connectivity index (χ4n) is 4.01. The van der Waals surface area contributed by atoms with Crippen LogP contribution in [0.2, 0.25) is 0 Å². The minimum atomic E-state index is -0.510. The number of unbranched alkanes of at least 4 members (excludes halogenated alkanes) is 15. The van der Waals surface area contributed by atoms with E-state index in [0.717, 1.165) is 18.7 Å². The van der Waals surface area contributed by atoms with Crippen molar-refractivity contribution < 1.29 is 9.50 Å². The van der Waals surface area contributed by atoms with Gasteiger partial charge in [0.1, 0.15) is 5.82 Å². The standard InChI is InChI=1S/C27H48FNO.ClH/c1-2-3-4-5-6-7-8-9-10-11-12-13-14-15-16-17-23-29-24-22-27(30)25-18-20-26(28)21-19-25;/h18-21,27,29-30H,2-17,22-24H2,1H3;1H. The van der Waals surface area contributed by atoms with Gasteiger partial charge in [0.15, 0.2) is 0 Å². The Morgan fingerprint density at radius 1 is 0.677 bits per heavy atom. The summed E-state index contributed by atoms with van der Waals surface area (Å²) < 4.78 is 12.9. The van der Waals surface area contributed by atoms with E-state index in [2.05, 4.69) is 12.2 Å². The molecule has 1 rings (SSSR count). The van der Waals surface area contributed by atoms with Gasteiger partial charge in [-0.05, 0) is 43.6 Å². The molecular formula is C27H49ClFNO. The van der Waals surface area contributed by atoms with Crippen molar-refractivity contribution in [3.8, 4) is 0 Å². The third-order valence-electron chi connectivity index (χ3n) is 6.06. The van der Waals surface area contributed by atoms with Crippen LogP contribution in [0.5, 0.6) is 0 Å². The summed E-state index contributed by atoms with van der Waals surface area (Å²) in [6.45, 7) is 4.11. The average Bonchev–Trinajstić information content (AvgIpc) is 2.75. The second-order valence-corrected chi connectivity index (χ2v) is 8.91. The van der Waals surface area contributed by atoms with E-state index in [1.807, 2.05) is 0 Å². The molecule has 0 aromatic heterocycles. The Hall–Kier alpha value is -0.640. The Morgan fingerprint density at radius 2 is 1.10 bits per heavy atom. The molecule has 0 aliphatic carbocycles. The SMILES string of the molecule is CCCCCCCCCCCCCCCCCCNCCC(O)c1ccc(F)cc1.Cl. The van der Waals surface area contributed by atoms with Crippen molar-refractivity contribution in [1.82, 2.24) is 5.32 Å². The number of hydrogen-bond donors (Lipinski definition) is 2. The molecule has 0 spiro atoms. The van der Waals surface area contributed by atoms with Crippen molar-refractivity contribution >= 4 is 12.4 Å². The van der Waals surface area contributed by atoms with Gasteiger partial charge in [0.2, 0.25) is 0 Å². The van der Waals surface area contributed by atoms with E-state index < -0.39 is 6.10 Å². The van der Waals surface area contributed by atoms with E-state index in [4.69, 9.17) is 0 Å². The number of halogens is 2. The van der Waals surface area contributed by atoms with Gasteiger partial charge in [-0.25, -0.2) is 4.39 Å². The maximum atomic E-state index is 12.9. The molecule has 0 fully saturated rings. The molecule has 0 aliphatic heterocycles. The molecule has 0 heterocycles. The summed E-state index contributed by atoms with van der Waals surface area (Å²) in [5, 5.41) is 13.5. The number of benzene rings is 1. The van der Waals surface area contributed by atoms with Crippen molar-refractivity contribution in [3.05, 3.63) is 35.6 Å². The quantitative estimate of drug-likeness (QED) is 0.181. The Bertz CT molecular complexity index is 483. The Labute approximate surface area is 198 Å². The third-order valence-corrected chi connectivity index (χ3v) is 6.06. The van der Waals surface area contributed by atoms with Gasteiger partial charge >= 0.3 is 0 Å². The fourth-order valence-corrected chi connectivity index (χ4v) is 4.01. The van der Waals surface area contributed by atoms with Crippen LogP contribution in [0.3, 0.4) is 0 Å². The normalized spacial score (nSPS) is 12.0. The van der Waals surface area contributed by atoms with Crippen molar-refractivity contribution in [3.63, 3.8) is 0 Å². The molecule has 4 heteroatoms. The topological polar surface area (TPSA) is 32.3 Å². The van der Waals surface area contributed by atoms with Gasteiger partial charge in [-0.2, -0.15) is 0 Å². The lowest BCUT2D eigenvalue weighted by atomic mass is 10.0. The van der Waals surface area contributed by atoms with Gasteiger partial charge in [-0.3, -0.25) is 0 Å². The first-order chi connectivity index (χ1) is 14.7. The van der Waals surface area contributed by atoms with Crippen LogP contribution in [0, 0.1) is 5.82 Å². The molecule has 0 bridgehead atoms. The highest BCUT2D eigenvalue weighted by atomic mass is 35.5. The fraction of sp³-hybridized carbons (Fsp3) is 0.778. The van der Waals surface area contributed by atoms with E-state index in [1.54, 1.807) is 12.1 Å². The van der Waals surface area contributed by atoms with E-state index in [1.165, 1.54) is 115 Å². The van der Waals surface area contributed by atoms with Crippen LogP contribution in [-0.4, -0.2) is 18.2 Å². The highest BCUT2D eigenvalue weighted by Gasteiger charge is 2.06. The summed E-state index contributed by atoms with van der Waals surface area (Å²) in [4.78, 5) is 0. The predicted molar refractivity (Wildman–Crippen MR) is 136 cm³/mol. The maximum absolute atomic E-state index is 12.9. The van der Waals surface area contributed by atoms with Crippen LogP contribution < -0.4 is 5.32 Å². The molecular weight excluding hydrogens is 409 g/mol. The van der Waals surface area contributed by atoms with Crippen LogP contribution in [-0.2, 0) is 0 Å². The molecule has 0 saturated heterocycles. The first-order valence-electron chi connectivity index (χ1n) is 12.9. The van der Waals surface area contributed by atoms with Crippen molar-refractivity contribution in [2.75, 3.05) is 13.1 Å². The summed E-state index contributed by atoms with van der Waals surface area (Å²) in [6, 6.07) is 6.14. The zero-order valence-electron chi connectivity index (χ0n) is 20.1. The molecule has 1 aromatic rings. The zero-order valence-corrected chi connectivity index (χ0v) is 20.9. The second kappa shape index (κ2) is 22.6. The van der Waals surface area contributed by atoms with Gasteiger partial charge in [-0.15, -0.1) is 12.4 Å². The minimum absolute atomic E-state index is 0. The highest BCUT2D eigenvalue weighted by molar-refractivity contribution is 5.85. The number of rotatable bonds is 21. The number of aliphatic hydroxyl groups excluding tert-OH is 1. The molecule has 1 aromatic carbocycles. The van der Waals surface area contributed by atoms with E-state index in [-0.39, 0.29) is 18.2 Å².